The van der Waals surface area contributed by atoms with E-state index < -0.39 is 0 Å². The van der Waals surface area contributed by atoms with E-state index in [9.17, 15) is 0 Å². The predicted molar refractivity (Wildman–Crippen MR) is 41.5 cm³/mol. The largest absolute Gasteiger partial charge is 0.244 e. The molecule has 52 valence electrons. The van der Waals surface area contributed by atoms with E-state index in [2.05, 4.69) is 16.8 Å². The molecule has 0 aliphatic rings. The van der Waals surface area contributed by atoms with Gasteiger partial charge in [0.2, 0.25) is 0 Å². The average Bonchev–Trinajstić information content (AvgIpc) is 2.07. The first-order chi connectivity index (χ1) is 5.36. The van der Waals surface area contributed by atoms with Crippen molar-refractivity contribution in [3.8, 4) is 17.9 Å². The van der Waals surface area contributed by atoms with Crippen LogP contribution < -0.4 is 0 Å². The molecular weight excluding hydrogens is 136 g/mol. The fourth-order valence-electron chi connectivity index (χ4n) is 0.678. The van der Waals surface area contributed by atoms with E-state index in [1.54, 1.807) is 25.3 Å². The minimum Gasteiger partial charge on any atom is -0.244 e. The molecule has 0 amide bonds. The molecule has 1 aromatic heterocycles. The maximum Gasteiger partial charge on any atom is 0.140 e. The summed E-state index contributed by atoms with van der Waals surface area (Å²) in [5, 5.41) is 8.41. The van der Waals surface area contributed by atoms with Gasteiger partial charge in [-0.1, -0.05) is 5.92 Å². The van der Waals surface area contributed by atoms with E-state index in [-0.39, 0.29) is 0 Å². The maximum atomic E-state index is 8.41. The molecule has 1 heterocycles. The summed E-state index contributed by atoms with van der Waals surface area (Å²) in [6.45, 7) is 1.76. The normalized spacial score (nSPS) is 7.64. The summed E-state index contributed by atoms with van der Waals surface area (Å²) in [5.41, 5.74) is 1.26. The van der Waals surface area contributed by atoms with Crippen molar-refractivity contribution in [1.29, 1.82) is 5.26 Å². The van der Waals surface area contributed by atoms with Crippen LogP contribution in [0, 0.1) is 23.2 Å². The second kappa shape index (κ2) is 3.39. The highest BCUT2D eigenvalue weighted by Gasteiger charge is 1.89. The van der Waals surface area contributed by atoms with Crippen molar-refractivity contribution in [2.75, 3.05) is 0 Å². The van der Waals surface area contributed by atoms with Gasteiger partial charge >= 0.3 is 0 Å². The molecule has 0 saturated heterocycles. The lowest BCUT2D eigenvalue weighted by molar-refractivity contribution is 1.25. The Morgan fingerprint density at radius 2 is 2.27 bits per heavy atom. The van der Waals surface area contributed by atoms with Crippen molar-refractivity contribution >= 4 is 0 Å². The lowest BCUT2D eigenvalue weighted by atomic mass is 10.2. The number of aromatic nitrogens is 1. The molecule has 0 radical (unpaired) electrons. The molecular formula is C9H6N2. The Balaban J connectivity index is 3.00. The Morgan fingerprint density at radius 3 is 2.73 bits per heavy atom. The molecule has 0 spiro atoms. The molecule has 0 aromatic carbocycles. The first-order valence-electron chi connectivity index (χ1n) is 3.15. The molecule has 0 saturated carbocycles. The number of nitrogens with zero attached hydrogens (tertiary/aromatic N) is 2. The highest BCUT2D eigenvalue weighted by atomic mass is 14.7. The third-order valence-electron chi connectivity index (χ3n) is 1.15. The highest BCUT2D eigenvalue weighted by Crippen LogP contribution is 1.96. The Morgan fingerprint density at radius 1 is 1.45 bits per heavy atom. The molecule has 2 heteroatoms. The van der Waals surface area contributed by atoms with Crippen LogP contribution in [-0.2, 0) is 0 Å². The van der Waals surface area contributed by atoms with Gasteiger partial charge < -0.3 is 0 Å². The van der Waals surface area contributed by atoms with Crippen LogP contribution in [0.2, 0.25) is 0 Å². The molecule has 11 heavy (non-hydrogen) atoms. The van der Waals surface area contributed by atoms with Crippen molar-refractivity contribution in [1.82, 2.24) is 4.98 Å². The molecule has 2 nitrogen and oxygen atoms in total. The summed E-state index contributed by atoms with van der Waals surface area (Å²) < 4.78 is 0. The summed E-state index contributed by atoms with van der Waals surface area (Å²) in [6, 6.07) is 5.37. The Bertz CT molecular complexity index is 333. The number of pyridine rings is 1. The fourth-order valence-corrected chi connectivity index (χ4v) is 0.678. The zero-order chi connectivity index (χ0) is 8.10. The molecule has 0 unspecified atom stereocenters. The van der Waals surface area contributed by atoms with E-state index >= 15 is 0 Å². The minimum atomic E-state index is 0.423. The van der Waals surface area contributed by atoms with Gasteiger partial charge in [-0.3, -0.25) is 0 Å². The monoisotopic (exact) mass is 142 g/mol. The zero-order valence-electron chi connectivity index (χ0n) is 6.13. The van der Waals surface area contributed by atoms with Crippen LogP contribution in [0.15, 0.2) is 18.3 Å². The van der Waals surface area contributed by atoms with E-state index in [0.717, 1.165) is 5.56 Å². The van der Waals surface area contributed by atoms with Crippen molar-refractivity contribution in [3.63, 3.8) is 0 Å². The van der Waals surface area contributed by atoms with E-state index in [4.69, 9.17) is 5.26 Å². The van der Waals surface area contributed by atoms with Crippen LogP contribution in [0.4, 0.5) is 0 Å². The van der Waals surface area contributed by atoms with E-state index in [0.29, 0.717) is 5.69 Å². The Hall–Kier alpha value is -1.80. The molecule has 0 fully saturated rings. The second-order valence-electron chi connectivity index (χ2n) is 1.92. The smallest absolute Gasteiger partial charge is 0.140 e. The predicted octanol–water partition coefficient (Wildman–Crippen LogP) is 1.32. The SMILES string of the molecule is CC#Cc1ccc(C#N)nc1. The Kier molecular flexibility index (Phi) is 2.25. The van der Waals surface area contributed by atoms with Gasteiger partial charge in [0.1, 0.15) is 11.8 Å². The number of nitriles is 1. The third kappa shape index (κ3) is 1.81. The highest BCUT2D eigenvalue weighted by molar-refractivity contribution is 5.34. The van der Waals surface area contributed by atoms with Crippen LogP contribution >= 0.6 is 0 Å². The molecule has 0 aliphatic carbocycles. The van der Waals surface area contributed by atoms with Crippen LogP contribution in [0.5, 0.6) is 0 Å². The number of hydrogen-bond donors (Lipinski definition) is 0. The first-order valence-corrected chi connectivity index (χ1v) is 3.15. The Labute approximate surface area is 65.5 Å². The van der Waals surface area contributed by atoms with Crippen molar-refractivity contribution in [2.24, 2.45) is 0 Å². The van der Waals surface area contributed by atoms with Crippen LogP contribution in [-0.4, -0.2) is 4.98 Å². The average molecular weight is 142 g/mol. The minimum absolute atomic E-state index is 0.423. The number of hydrogen-bond acceptors (Lipinski definition) is 2. The topological polar surface area (TPSA) is 36.7 Å². The molecule has 1 aromatic rings. The van der Waals surface area contributed by atoms with Gasteiger partial charge in [0, 0.05) is 11.8 Å². The van der Waals surface area contributed by atoms with Gasteiger partial charge in [0.25, 0.3) is 0 Å². The lowest BCUT2D eigenvalue weighted by Crippen LogP contribution is -1.81. The van der Waals surface area contributed by atoms with Crippen LogP contribution in [0.3, 0.4) is 0 Å². The maximum absolute atomic E-state index is 8.41. The number of rotatable bonds is 0. The van der Waals surface area contributed by atoms with Crippen LogP contribution in [0.25, 0.3) is 0 Å². The molecule has 0 aliphatic heterocycles. The van der Waals surface area contributed by atoms with Gasteiger partial charge in [0.15, 0.2) is 0 Å². The second-order valence-corrected chi connectivity index (χ2v) is 1.92. The lowest BCUT2D eigenvalue weighted by Gasteiger charge is -1.87. The molecule has 1 rings (SSSR count). The summed E-state index contributed by atoms with van der Waals surface area (Å²) in [5.74, 6) is 5.59. The van der Waals surface area contributed by atoms with E-state index in [1.165, 1.54) is 0 Å². The van der Waals surface area contributed by atoms with E-state index in [1.807, 2.05) is 6.07 Å². The zero-order valence-corrected chi connectivity index (χ0v) is 6.13. The van der Waals surface area contributed by atoms with Crippen molar-refractivity contribution in [2.45, 2.75) is 6.92 Å². The third-order valence-corrected chi connectivity index (χ3v) is 1.15. The standard InChI is InChI=1S/C9H6N2/c1-2-3-8-4-5-9(6-10)11-7-8/h4-5,7H,1H3. The van der Waals surface area contributed by atoms with Crippen molar-refractivity contribution < 1.29 is 0 Å². The fraction of sp³-hybridized carbons (Fsp3) is 0.111. The van der Waals surface area contributed by atoms with Crippen molar-refractivity contribution in [3.05, 3.63) is 29.6 Å². The molecule has 0 atom stereocenters. The summed E-state index contributed by atoms with van der Waals surface area (Å²) in [7, 11) is 0. The molecule has 0 bridgehead atoms. The van der Waals surface area contributed by atoms with Gasteiger partial charge in [0.05, 0.1) is 0 Å². The van der Waals surface area contributed by atoms with Crippen LogP contribution in [0.1, 0.15) is 18.2 Å². The molecule has 0 N–H and O–H groups in total. The van der Waals surface area contributed by atoms with Gasteiger partial charge in [-0.05, 0) is 19.1 Å². The van der Waals surface area contributed by atoms with Gasteiger partial charge in [-0.15, -0.1) is 5.92 Å². The summed E-state index contributed by atoms with van der Waals surface area (Å²) in [4.78, 5) is 3.85. The summed E-state index contributed by atoms with van der Waals surface area (Å²) in [6.07, 6.45) is 1.59. The quantitative estimate of drug-likeness (QED) is 0.512. The van der Waals surface area contributed by atoms with Gasteiger partial charge in [-0.2, -0.15) is 5.26 Å². The first kappa shape index (κ1) is 7.31. The summed E-state index contributed by atoms with van der Waals surface area (Å²) >= 11 is 0. The van der Waals surface area contributed by atoms with Gasteiger partial charge in [-0.25, -0.2) is 4.98 Å².